The maximum atomic E-state index is 11.8. The Bertz CT molecular complexity index is 422. The van der Waals surface area contributed by atoms with E-state index in [1.165, 1.54) is 24.9 Å². The maximum Gasteiger partial charge on any atom is 0.315 e. The number of benzene rings is 1. The molecular formula is C16H25N3O. The number of hydrogen-bond acceptors (Lipinski definition) is 2. The fourth-order valence-electron chi connectivity index (χ4n) is 2.58. The average Bonchev–Trinajstić information content (AvgIpc) is 2.46. The van der Waals surface area contributed by atoms with Crippen LogP contribution in [0.1, 0.15) is 37.7 Å². The van der Waals surface area contributed by atoms with E-state index in [2.05, 4.69) is 39.8 Å². The lowest BCUT2D eigenvalue weighted by molar-refractivity contribution is 0.232. The highest BCUT2D eigenvalue weighted by Crippen LogP contribution is 2.17. The first-order valence-electron chi connectivity index (χ1n) is 7.46. The highest BCUT2D eigenvalue weighted by Gasteiger charge is 2.15. The van der Waals surface area contributed by atoms with Crippen LogP contribution in [0.5, 0.6) is 0 Å². The molecule has 0 aliphatic heterocycles. The Balaban J connectivity index is 1.74. The molecule has 4 nitrogen and oxygen atoms in total. The highest BCUT2D eigenvalue weighted by atomic mass is 16.2. The Hall–Kier alpha value is -1.71. The van der Waals surface area contributed by atoms with E-state index in [-0.39, 0.29) is 6.03 Å². The molecule has 0 atom stereocenters. The predicted molar refractivity (Wildman–Crippen MR) is 83.0 cm³/mol. The van der Waals surface area contributed by atoms with Crippen LogP contribution in [0.3, 0.4) is 0 Å². The van der Waals surface area contributed by atoms with E-state index in [1.807, 2.05) is 14.1 Å². The minimum Gasteiger partial charge on any atom is -0.378 e. The SMILES string of the molecule is CN(C)c1ccc(CNC(=O)NC2CCCCC2)cc1. The number of carbonyl (C=O) groups excluding carboxylic acids is 1. The normalized spacial score (nSPS) is 15.7. The number of amides is 2. The molecule has 0 bridgehead atoms. The van der Waals surface area contributed by atoms with E-state index in [0.29, 0.717) is 12.6 Å². The Morgan fingerprint density at radius 2 is 1.80 bits per heavy atom. The van der Waals surface area contributed by atoms with E-state index in [0.717, 1.165) is 18.4 Å². The molecule has 4 heteroatoms. The van der Waals surface area contributed by atoms with Gasteiger partial charge in [0, 0.05) is 32.4 Å². The Labute approximate surface area is 121 Å². The first-order chi connectivity index (χ1) is 9.65. The van der Waals surface area contributed by atoms with Crippen molar-refractivity contribution < 1.29 is 4.79 Å². The van der Waals surface area contributed by atoms with Crippen molar-refractivity contribution in [2.45, 2.75) is 44.7 Å². The molecule has 1 saturated carbocycles. The minimum atomic E-state index is -0.0476. The molecule has 1 aliphatic rings. The zero-order valence-electron chi connectivity index (χ0n) is 12.5. The summed E-state index contributed by atoms with van der Waals surface area (Å²) >= 11 is 0. The van der Waals surface area contributed by atoms with Crippen LogP contribution in [0.2, 0.25) is 0 Å². The number of nitrogens with one attached hydrogen (secondary N) is 2. The molecule has 0 unspecified atom stereocenters. The third kappa shape index (κ3) is 4.44. The number of urea groups is 1. The molecule has 0 aromatic heterocycles. The molecule has 110 valence electrons. The minimum absolute atomic E-state index is 0.0476. The van der Waals surface area contributed by atoms with Gasteiger partial charge in [-0.1, -0.05) is 31.4 Å². The first kappa shape index (κ1) is 14.7. The number of rotatable bonds is 4. The van der Waals surface area contributed by atoms with Crippen LogP contribution < -0.4 is 15.5 Å². The molecule has 0 spiro atoms. The van der Waals surface area contributed by atoms with E-state index in [9.17, 15) is 4.79 Å². The van der Waals surface area contributed by atoms with Crippen molar-refractivity contribution >= 4 is 11.7 Å². The molecule has 0 radical (unpaired) electrons. The third-order valence-electron chi connectivity index (χ3n) is 3.85. The van der Waals surface area contributed by atoms with Gasteiger partial charge in [-0.25, -0.2) is 4.79 Å². The van der Waals surface area contributed by atoms with Gasteiger partial charge in [0.05, 0.1) is 0 Å². The van der Waals surface area contributed by atoms with Crippen molar-refractivity contribution in [3.8, 4) is 0 Å². The van der Waals surface area contributed by atoms with Crippen LogP contribution in [-0.2, 0) is 6.54 Å². The van der Waals surface area contributed by atoms with E-state index < -0.39 is 0 Å². The maximum absolute atomic E-state index is 11.8. The van der Waals surface area contributed by atoms with Crippen molar-refractivity contribution in [1.82, 2.24) is 10.6 Å². The lowest BCUT2D eigenvalue weighted by Crippen LogP contribution is -2.42. The molecule has 2 amide bonds. The van der Waals surface area contributed by atoms with E-state index in [4.69, 9.17) is 0 Å². The van der Waals surface area contributed by atoms with Gasteiger partial charge in [-0.15, -0.1) is 0 Å². The molecule has 1 aromatic rings. The van der Waals surface area contributed by atoms with Gasteiger partial charge in [-0.2, -0.15) is 0 Å². The summed E-state index contributed by atoms with van der Waals surface area (Å²) in [6.07, 6.45) is 6.00. The first-order valence-corrected chi connectivity index (χ1v) is 7.46. The quantitative estimate of drug-likeness (QED) is 0.887. The largest absolute Gasteiger partial charge is 0.378 e. The van der Waals surface area contributed by atoms with Gasteiger partial charge in [-0.05, 0) is 30.5 Å². The molecule has 0 saturated heterocycles. The number of anilines is 1. The Morgan fingerprint density at radius 1 is 1.15 bits per heavy atom. The molecule has 20 heavy (non-hydrogen) atoms. The molecule has 2 N–H and O–H groups in total. The van der Waals surface area contributed by atoms with Gasteiger partial charge in [0.2, 0.25) is 0 Å². The summed E-state index contributed by atoms with van der Waals surface area (Å²) in [5.74, 6) is 0. The number of hydrogen-bond donors (Lipinski definition) is 2. The second-order valence-electron chi connectivity index (χ2n) is 5.72. The molecule has 0 heterocycles. The van der Waals surface area contributed by atoms with Crippen LogP contribution in [0.15, 0.2) is 24.3 Å². The van der Waals surface area contributed by atoms with Gasteiger partial charge >= 0.3 is 6.03 Å². The van der Waals surface area contributed by atoms with Gasteiger partial charge < -0.3 is 15.5 Å². The fraction of sp³-hybridized carbons (Fsp3) is 0.562. The van der Waals surface area contributed by atoms with Crippen LogP contribution in [-0.4, -0.2) is 26.2 Å². The Kier molecular flexibility index (Phi) is 5.27. The summed E-state index contributed by atoms with van der Waals surface area (Å²) in [6, 6.07) is 8.55. The summed E-state index contributed by atoms with van der Waals surface area (Å²) in [5.41, 5.74) is 2.29. The summed E-state index contributed by atoms with van der Waals surface area (Å²) in [5, 5.41) is 5.99. The summed E-state index contributed by atoms with van der Waals surface area (Å²) in [6.45, 7) is 0.576. The van der Waals surface area contributed by atoms with Crippen molar-refractivity contribution in [3.63, 3.8) is 0 Å². The predicted octanol–water partition coefficient (Wildman–Crippen LogP) is 2.88. The highest BCUT2D eigenvalue weighted by molar-refractivity contribution is 5.74. The monoisotopic (exact) mass is 275 g/mol. The van der Waals surface area contributed by atoms with Crippen molar-refractivity contribution in [1.29, 1.82) is 0 Å². The smallest absolute Gasteiger partial charge is 0.315 e. The molecule has 2 rings (SSSR count). The third-order valence-corrected chi connectivity index (χ3v) is 3.85. The second-order valence-corrected chi connectivity index (χ2v) is 5.72. The van der Waals surface area contributed by atoms with E-state index in [1.54, 1.807) is 0 Å². The van der Waals surface area contributed by atoms with Crippen molar-refractivity contribution in [2.24, 2.45) is 0 Å². The van der Waals surface area contributed by atoms with E-state index >= 15 is 0 Å². The number of nitrogens with zero attached hydrogens (tertiary/aromatic N) is 1. The molecular weight excluding hydrogens is 250 g/mol. The zero-order chi connectivity index (χ0) is 14.4. The molecule has 1 aromatic carbocycles. The van der Waals surface area contributed by atoms with Crippen LogP contribution in [0.4, 0.5) is 10.5 Å². The number of carbonyl (C=O) groups is 1. The van der Waals surface area contributed by atoms with Crippen molar-refractivity contribution in [3.05, 3.63) is 29.8 Å². The topological polar surface area (TPSA) is 44.4 Å². The average molecular weight is 275 g/mol. The zero-order valence-corrected chi connectivity index (χ0v) is 12.5. The van der Waals surface area contributed by atoms with Gasteiger partial charge in [-0.3, -0.25) is 0 Å². The van der Waals surface area contributed by atoms with Crippen LogP contribution >= 0.6 is 0 Å². The van der Waals surface area contributed by atoms with Gasteiger partial charge in [0.1, 0.15) is 0 Å². The second kappa shape index (κ2) is 7.17. The van der Waals surface area contributed by atoms with Crippen LogP contribution in [0, 0.1) is 0 Å². The molecule has 1 aliphatic carbocycles. The van der Waals surface area contributed by atoms with Gasteiger partial charge in [0.15, 0.2) is 0 Å². The molecule has 1 fully saturated rings. The lowest BCUT2D eigenvalue weighted by atomic mass is 9.96. The van der Waals surface area contributed by atoms with Crippen LogP contribution in [0.25, 0.3) is 0 Å². The summed E-state index contributed by atoms with van der Waals surface area (Å²) < 4.78 is 0. The summed E-state index contributed by atoms with van der Waals surface area (Å²) in [4.78, 5) is 13.9. The van der Waals surface area contributed by atoms with Crippen molar-refractivity contribution in [2.75, 3.05) is 19.0 Å². The lowest BCUT2D eigenvalue weighted by Gasteiger charge is -2.22. The standard InChI is InChI=1S/C16H25N3O/c1-19(2)15-10-8-13(9-11-15)12-17-16(20)18-14-6-4-3-5-7-14/h8-11,14H,3-7,12H2,1-2H3,(H2,17,18,20). The Morgan fingerprint density at radius 3 is 2.40 bits per heavy atom. The summed E-state index contributed by atoms with van der Waals surface area (Å²) in [7, 11) is 4.04. The van der Waals surface area contributed by atoms with Gasteiger partial charge in [0.25, 0.3) is 0 Å². The fourth-order valence-corrected chi connectivity index (χ4v) is 2.58.